The van der Waals surface area contributed by atoms with Gasteiger partial charge in [-0.05, 0) is 36.1 Å². The van der Waals surface area contributed by atoms with Crippen molar-refractivity contribution < 1.29 is 8.60 Å². The molecule has 1 rings (SSSR count). The van der Waals surface area contributed by atoms with E-state index in [9.17, 15) is 8.60 Å². The first kappa shape index (κ1) is 13.5. The van der Waals surface area contributed by atoms with E-state index < -0.39 is 16.6 Å². The number of thioether (sulfide) groups is 1. The third-order valence-electron chi connectivity index (χ3n) is 2.06. The zero-order chi connectivity index (χ0) is 12.0. The Morgan fingerprint density at radius 2 is 2.25 bits per heavy atom. The van der Waals surface area contributed by atoms with Gasteiger partial charge < -0.3 is 5.73 Å². The molecule has 1 atom stereocenters. The maximum atomic E-state index is 13.1. The van der Waals surface area contributed by atoms with Crippen molar-refractivity contribution in [2.75, 3.05) is 23.0 Å². The number of nitrogens with two attached hydrogens (primary N) is 1. The molecule has 0 aromatic heterocycles. The third kappa shape index (κ3) is 4.14. The van der Waals surface area contributed by atoms with Gasteiger partial charge in [-0.3, -0.25) is 4.21 Å². The molecule has 0 radical (unpaired) electrons. The van der Waals surface area contributed by atoms with Crippen LogP contribution in [-0.4, -0.2) is 21.5 Å². The highest BCUT2D eigenvalue weighted by molar-refractivity contribution is 7.99. The van der Waals surface area contributed by atoms with Crippen molar-refractivity contribution in [3.63, 3.8) is 0 Å². The summed E-state index contributed by atoms with van der Waals surface area (Å²) in [5.41, 5.74) is 5.45. The van der Waals surface area contributed by atoms with E-state index in [-0.39, 0.29) is 5.69 Å². The van der Waals surface area contributed by atoms with Crippen LogP contribution < -0.4 is 5.73 Å². The van der Waals surface area contributed by atoms with E-state index in [0.717, 1.165) is 17.9 Å². The zero-order valence-electron chi connectivity index (χ0n) is 9.24. The van der Waals surface area contributed by atoms with Gasteiger partial charge in [-0.25, -0.2) is 4.39 Å². The highest BCUT2D eigenvalue weighted by Gasteiger charge is 2.06. The average Bonchev–Trinajstić information content (AvgIpc) is 2.28. The fourth-order valence-electron chi connectivity index (χ4n) is 1.20. The van der Waals surface area contributed by atoms with E-state index in [1.54, 1.807) is 6.07 Å². The monoisotopic (exact) mass is 261 g/mol. The second kappa shape index (κ2) is 6.91. The van der Waals surface area contributed by atoms with Gasteiger partial charge in [-0.15, -0.1) is 0 Å². The first-order valence-corrected chi connectivity index (χ1v) is 7.63. The van der Waals surface area contributed by atoms with Gasteiger partial charge in [0.15, 0.2) is 0 Å². The summed E-state index contributed by atoms with van der Waals surface area (Å²) in [4.78, 5) is 0.521. The Bertz CT molecular complexity index is 371. The standard InChI is InChI=1S/C11H16FNOS2/c1-2-15-6-3-7-16(14)9-4-5-11(13)10(12)8-9/h4-5,8H,2-3,6-7,13H2,1H3. The molecule has 0 fully saturated rings. The summed E-state index contributed by atoms with van der Waals surface area (Å²) >= 11 is 1.82. The molecule has 1 aromatic carbocycles. The fraction of sp³-hybridized carbons (Fsp3) is 0.455. The lowest BCUT2D eigenvalue weighted by Crippen LogP contribution is -2.01. The van der Waals surface area contributed by atoms with Crippen LogP contribution in [0, 0.1) is 5.82 Å². The van der Waals surface area contributed by atoms with E-state index in [1.807, 2.05) is 11.8 Å². The van der Waals surface area contributed by atoms with Gasteiger partial charge in [0, 0.05) is 10.6 Å². The van der Waals surface area contributed by atoms with Crippen LogP contribution in [-0.2, 0) is 10.8 Å². The largest absolute Gasteiger partial charge is 0.396 e. The van der Waals surface area contributed by atoms with Gasteiger partial charge in [0.2, 0.25) is 0 Å². The number of hydrogen-bond acceptors (Lipinski definition) is 3. The van der Waals surface area contributed by atoms with Crippen molar-refractivity contribution in [2.45, 2.75) is 18.2 Å². The van der Waals surface area contributed by atoms with E-state index in [2.05, 4.69) is 6.92 Å². The number of benzene rings is 1. The molecule has 0 bridgehead atoms. The Kier molecular flexibility index (Phi) is 5.84. The second-order valence-corrected chi connectivity index (χ2v) is 6.25. The predicted octanol–water partition coefficient (Wildman–Crippen LogP) is 2.66. The van der Waals surface area contributed by atoms with Crippen LogP contribution >= 0.6 is 11.8 Å². The lowest BCUT2D eigenvalue weighted by Gasteiger charge is -2.03. The molecule has 0 aliphatic heterocycles. The summed E-state index contributed by atoms with van der Waals surface area (Å²) in [6, 6.07) is 4.35. The molecular formula is C11H16FNOS2. The maximum absolute atomic E-state index is 13.1. The number of rotatable bonds is 6. The summed E-state index contributed by atoms with van der Waals surface area (Å²) in [5.74, 6) is 2.16. The number of halogens is 1. The molecule has 2 N–H and O–H groups in total. The van der Waals surface area contributed by atoms with Crippen LogP contribution in [0.1, 0.15) is 13.3 Å². The summed E-state index contributed by atoms with van der Waals surface area (Å²) in [6.45, 7) is 2.09. The Labute approximate surface area is 102 Å². The van der Waals surface area contributed by atoms with Gasteiger partial charge in [0.05, 0.1) is 16.5 Å². The van der Waals surface area contributed by atoms with Crippen molar-refractivity contribution in [1.29, 1.82) is 0 Å². The van der Waals surface area contributed by atoms with Crippen LogP contribution in [0.15, 0.2) is 23.1 Å². The number of hydrogen-bond donors (Lipinski definition) is 1. The van der Waals surface area contributed by atoms with Crippen molar-refractivity contribution in [3.8, 4) is 0 Å². The highest BCUT2D eigenvalue weighted by Crippen LogP contribution is 2.16. The summed E-state index contributed by atoms with van der Waals surface area (Å²) in [7, 11) is -1.11. The minimum absolute atomic E-state index is 0.0993. The normalized spacial score (nSPS) is 12.6. The van der Waals surface area contributed by atoms with Crippen LogP contribution in [0.3, 0.4) is 0 Å². The molecule has 1 unspecified atom stereocenters. The van der Waals surface area contributed by atoms with E-state index in [1.165, 1.54) is 12.1 Å². The van der Waals surface area contributed by atoms with Crippen LogP contribution in [0.2, 0.25) is 0 Å². The molecule has 90 valence electrons. The SMILES string of the molecule is CCSCCCS(=O)c1ccc(N)c(F)c1. The zero-order valence-corrected chi connectivity index (χ0v) is 10.9. The molecule has 2 nitrogen and oxygen atoms in total. The molecule has 0 saturated carbocycles. The number of nitrogen functional groups attached to an aromatic ring is 1. The Hall–Kier alpha value is -0.550. The van der Waals surface area contributed by atoms with Crippen molar-refractivity contribution in [2.24, 2.45) is 0 Å². The third-order valence-corrected chi connectivity index (χ3v) is 4.48. The van der Waals surface area contributed by atoms with Crippen LogP contribution in [0.4, 0.5) is 10.1 Å². The summed E-state index contributed by atoms with van der Waals surface area (Å²) in [5, 5.41) is 0. The highest BCUT2D eigenvalue weighted by atomic mass is 32.2. The van der Waals surface area contributed by atoms with Gasteiger partial charge in [0.1, 0.15) is 5.82 Å². The van der Waals surface area contributed by atoms with Crippen LogP contribution in [0.25, 0.3) is 0 Å². The molecule has 0 amide bonds. The van der Waals surface area contributed by atoms with Gasteiger partial charge >= 0.3 is 0 Å². The molecule has 1 aromatic rings. The molecular weight excluding hydrogens is 245 g/mol. The van der Waals surface area contributed by atoms with E-state index in [0.29, 0.717) is 10.6 Å². The van der Waals surface area contributed by atoms with E-state index in [4.69, 9.17) is 5.73 Å². The summed E-state index contributed by atoms with van der Waals surface area (Å²) in [6.07, 6.45) is 0.886. The predicted molar refractivity (Wildman–Crippen MR) is 69.7 cm³/mol. The van der Waals surface area contributed by atoms with E-state index >= 15 is 0 Å². The molecule has 0 aliphatic carbocycles. The second-order valence-electron chi connectivity index (χ2n) is 3.28. The Morgan fingerprint density at radius 1 is 1.50 bits per heavy atom. The average molecular weight is 261 g/mol. The Balaban J connectivity index is 2.50. The first-order valence-electron chi connectivity index (χ1n) is 5.16. The van der Waals surface area contributed by atoms with Crippen molar-refractivity contribution in [3.05, 3.63) is 24.0 Å². The minimum atomic E-state index is -1.11. The molecule has 5 heteroatoms. The molecule has 0 spiro atoms. The maximum Gasteiger partial charge on any atom is 0.147 e. The van der Waals surface area contributed by atoms with Crippen LogP contribution in [0.5, 0.6) is 0 Å². The number of anilines is 1. The Morgan fingerprint density at radius 3 is 2.88 bits per heavy atom. The topological polar surface area (TPSA) is 43.1 Å². The molecule has 0 aliphatic rings. The van der Waals surface area contributed by atoms with Gasteiger partial charge in [-0.2, -0.15) is 11.8 Å². The lowest BCUT2D eigenvalue weighted by atomic mass is 10.3. The fourth-order valence-corrected chi connectivity index (χ4v) is 3.12. The van der Waals surface area contributed by atoms with Crippen molar-refractivity contribution in [1.82, 2.24) is 0 Å². The molecule has 0 saturated heterocycles. The smallest absolute Gasteiger partial charge is 0.147 e. The van der Waals surface area contributed by atoms with Gasteiger partial charge in [0.25, 0.3) is 0 Å². The summed E-state index contributed by atoms with van der Waals surface area (Å²) < 4.78 is 24.9. The molecule has 0 heterocycles. The van der Waals surface area contributed by atoms with Gasteiger partial charge in [-0.1, -0.05) is 6.92 Å². The van der Waals surface area contributed by atoms with Crippen molar-refractivity contribution >= 4 is 28.2 Å². The quantitative estimate of drug-likeness (QED) is 0.632. The minimum Gasteiger partial charge on any atom is -0.396 e. The molecule has 16 heavy (non-hydrogen) atoms. The first-order chi connectivity index (χ1) is 7.65. The lowest BCUT2D eigenvalue weighted by molar-refractivity contribution is 0.627.